The van der Waals surface area contributed by atoms with Crippen LogP contribution in [0.5, 0.6) is 0 Å². The summed E-state index contributed by atoms with van der Waals surface area (Å²) in [6, 6.07) is 25.0. The molecule has 1 heterocycles. The number of rotatable bonds is 4. The van der Waals surface area contributed by atoms with Gasteiger partial charge in [0.25, 0.3) is 0 Å². The number of benzene rings is 3. The summed E-state index contributed by atoms with van der Waals surface area (Å²) in [6.45, 7) is 8.20. The SMILES string of the molecule is CC(=O)c1ccccc1Sc1ccccc1C#N.CC1CCC(C)CC1.Cc1nc(N(C)C)c2ccccc2n1. The normalized spacial score (nSPS) is 16.0. The first-order valence-electron chi connectivity index (χ1n) is 13.9. The zero-order chi connectivity index (χ0) is 29.1. The molecule has 0 unspecified atom stereocenters. The molecule has 0 N–H and O–H groups in total. The van der Waals surface area contributed by atoms with Gasteiger partial charge in [0.05, 0.1) is 11.1 Å². The zero-order valence-corrected chi connectivity index (χ0v) is 25.3. The molecule has 4 aromatic rings. The van der Waals surface area contributed by atoms with Crippen LogP contribution in [0.15, 0.2) is 82.6 Å². The Balaban J connectivity index is 0.000000178. The van der Waals surface area contributed by atoms with Crippen LogP contribution in [0.2, 0.25) is 0 Å². The molecule has 40 heavy (non-hydrogen) atoms. The van der Waals surface area contributed by atoms with E-state index in [9.17, 15) is 4.79 Å². The van der Waals surface area contributed by atoms with Crippen molar-refractivity contribution in [3.8, 4) is 6.07 Å². The summed E-state index contributed by atoms with van der Waals surface area (Å²) in [4.78, 5) is 24.1. The highest BCUT2D eigenvalue weighted by Crippen LogP contribution is 2.32. The summed E-state index contributed by atoms with van der Waals surface area (Å²) in [7, 11) is 3.99. The lowest BCUT2D eigenvalue weighted by atomic mass is 9.84. The van der Waals surface area contributed by atoms with E-state index in [4.69, 9.17) is 5.26 Å². The molecule has 1 aromatic heterocycles. The van der Waals surface area contributed by atoms with Crippen LogP contribution < -0.4 is 4.90 Å². The summed E-state index contributed by atoms with van der Waals surface area (Å²) in [5, 5.41) is 10.1. The van der Waals surface area contributed by atoms with Crippen molar-refractivity contribution in [3.05, 3.63) is 89.7 Å². The third-order valence-corrected chi connectivity index (χ3v) is 8.07. The number of Topliss-reactive ketones (excluding diaryl/α,β-unsaturated/α-hetero) is 1. The van der Waals surface area contributed by atoms with E-state index >= 15 is 0 Å². The monoisotopic (exact) mass is 552 g/mol. The van der Waals surface area contributed by atoms with Crippen molar-refractivity contribution in [2.45, 2.75) is 63.2 Å². The summed E-state index contributed by atoms with van der Waals surface area (Å²) < 4.78 is 0. The van der Waals surface area contributed by atoms with E-state index in [0.29, 0.717) is 11.1 Å². The number of carbonyl (C=O) groups excluding carboxylic acids is 1. The van der Waals surface area contributed by atoms with Gasteiger partial charge in [-0.15, -0.1) is 0 Å². The van der Waals surface area contributed by atoms with Gasteiger partial charge in [0.2, 0.25) is 0 Å². The molecule has 5 rings (SSSR count). The number of nitrogens with zero attached hydrogens (tertiary/aromatic N) is 4. The number of carbonyl (C=O) groups is 1. The number of para-hydroxylation sites is 1. The summed E-state index contributed by atoms with van der Waals surface area (Å²) in [6.07, 6.45) is 5.89. The molecule has 0 saturated heterocycles. The second kappa shape index (κ2) is 15.2. The van der Waals surface area contributed by atoms with Gasteiger partial charge >= 0.3 is 0 Å². The van der Waals surface area contributed by atoms with Crippen LogP contribution in [0.25, 0.3) is 10.9 Å². The Hall–Kier alpha value is -3.69. The Morgan fingerprint density at radius 1 is 0.850 bits per heavy atom. The summed E-state index contributed by atoms with van der Waals surface area (Å²) in [5.41, 5.74) is 2.32. The highest BCUT2D eigenvalue weighted by Gasteiger charge is 2.13. The van der Waals surface area contributed by atoms with E-state index < -0.39 is 0 Å². The van der Waals surface area contributed by atoms with Gasteiger partial charge in [0.15, 0.2) is 5.78 Å². The van der Waals surface area contributed by atoms with E-state index in [1.165, 1.54) is 37.4 Å². The van der Waals surface area contributed by atoms with Gasteiger partial charge in [0, 0.05) is 34.8 Å². The fourth-order valence-electron chi connectivity index (χ4n) is 4.55. The number of hydrogen-bond acceptors (Lipinski definition) is 6. The van der Waals surface area contributed by atoms with Crippen LogP contribution in [0.3, 0.4) is 0 Å². The van der Waals surface area contributed by atoms with E-state index in [-0.39, 0.29) is 5.78 Å². The quantitative estimate of drug-likeness (QED) is 0.236. The molecule has 1 aliphatic rings. The number of aromatic nitrogens is 2. The number of nitriles is 1. The predicted octanol–water partition coefficient (Wildman–Crippen LogP) is 8.75. The molecule has 1 aliphatic carbocycles. The first kappa shape index (κ1) is 30.8. The minimum absolute atomic E-state index is 0.0348. The molecule has 0 aliphatic heterocycles. The van der Waals surface area contributed by atoms with Crippen LogP contribution in [-0.2, 0) is 0 Å². The minimum atomic E-state index is 0.0348. The average molecular weight is 553 g/mol. The van der Waals surface area contributed by atoms with E-state index in [1.807, 2.05) is 86.6 Å². The van der Waals surface area contributed by atoms with Crippen molar-refractivity contribution in [1.82, 2.24) is 9.97 Å². The highest BCUT2D eigenvalue weighted by atomic mass is 32.2. The van der Waals surface area contributed by atoms with Gasteiger partial charge in [-0.25, -0.2) is 9.97 Å². The van der Waals surface area contributed by atoms with E-state index in [1.54, 1.807) is 19.1 Å². The van der Waals surface area contributed by atoms with Crippen LogP contribution in [0.4, 0.5) is 5.82 Å². The van der Waals surface area contributed by atoms with Crippen LogP contribution >= 0.6 is 11.8 Å². The minimum Gasteiger partial charge on any atom is -0.362 e. The fraction of sp³-hybridized carbons (Fsp3) is 0.353. The van der Waals surface area contributed by atoms with Crippen molar-refractivity contribution in [3.63, 3.8) is 0 Å². The lowest BCUT2D eigenvalue weighted by Gasteiger charge is -2.22. The largest absolute Gasteiger partial charge is 0.362 e. The number of fused-ring (bicyclic) bond motifs is 1. The third-order valence-electron chi connectivity index (χ3n) is 6.92. The molecule has 0 radical (unpaired) electrons. The molecular weight excluding hydrogens is 512 g/mol. The second-order valence-electron chi connectivity index (χ2n) is 10.6. The molecule has 208 valence electrons. The fourth-order valence-corrected chi connectivity index (χ4v) is 5.63. The molecule has 1 saturated carbocycles. The Labute approximate surface area is 243 Å². The van der Waals surface area contributed by atoms with Gasteiger partial charge < -0.3 is 4.90 Å². The standard InChI is InChI=1S/C15H11NOS.C11H13N3.C8H16/c1-11(17)13-7-3-5-9-15(13)18-14-8-4-2-6-12(14)10-16;1-8-12-10-7-5-4-6-9(10)11(13-8)14(2)3;1-7-3-5-8(2)6-4-7/h2-9H,1H3;4-7H,1-3H3;7-8H,3-6H2,1-2H3. The molecule has 0 amide bonds. The smallest absolute Gasteiger partial charge is 0.160 e. The van der Waals surface area contributed by atoms with E-state index in [0.717, 1.165) is 44.2 Å². The van der Waals surface area contributed by atoms with Crippen LogP contribution in [0, 0.1) is 30.1 Å². The van der Waals surface area contributed by atoms with Crippen molar-refractivity contribution < 1.29 is 4.79 Å². The van der Waals surface area contributed by atoms with Crippen molar-refractivity contribution in [2.75, 3.05) is 19.0 Å². The maximum absolute atomic E-state index is 11.5. The molecule has 5 nitrogen and oxygen atoms in total. The summed E-state index contributed by atoms with van der Waals surface area (Å²) >= 11 is 1.45. The first-order chi connectivity index (χ1) is 19.2. The number of anilines is 1. The molecule has 0 atom stereocenters. The third kappa shape index (κ3) is 8.93. The van der Waals surface area contributed by atoms with Crippen LogP contribution in [-0.4, -0.2) is 29.8 Å². The molecule has 6 heteroatoms. The second-order valence-corrected chi connectivity index (χ2v) is 11.7. The lowest BCUT2D eigenvalue weighted by Crippen LogP contribution is -2.12. The van der Waals surface area contributed by atoms with Crippen LogP contribution in [0.1, 0.15) is 68.2 Å². The molecule has 0 bridgehead atoms. The van der Waals surface area contributed by atoms with Gasteiger partial charge in [-0.05, 0) is 56.0 Å². The maximum atomic E-state index is 11.5. The number of hydrogen-bond donors (Lipinski definition) is 0. The Morgan fingerprint density at radius 3 is 2.00 bits per heavy atom. The first-order valence-corrected chi connectivity index (χ1v) is 14.7. The molecule has 0 spiro atoms. The van der Waals surface area contributed by atoms with Gasteiger partial charge in [-0.2, -0.15) is 5.26 Å². The van der Waals surface area contributed by atoms with Crippen molar-refractivity contribution >= 4 is 34.3 Å². The Bertz CT molecular complexity index is 1440. The van der Waals surface area contributed by atoms with E-state index in [2.05, 4.69) is 29.9 Å². The molecular formula is C34H40N4OS. The molecule has 3 aromatic carbocycles. The predicted molar refractivity (Wildman–Crippen MR) is 167 cm³/mol. The van der Waals surface area contributed by atoms with Crippen molar-refractivity contribution in [2.24, 2.45) is 11.8 Å². The van der Waals surface area contributed by atoms with Gasteiger partial charge in [-0.3, -0.25) is 4.79 Å². The lowest BCUT2D eigenvalue weighted by molar-refractivity contribution is 0.101. The number of aryl methyl sites for hydroxylation is 1. The zero-order valence-electron chi connectivity index (χ0n) is 24.5. The maximum Gasteiger partial charge on any atom is 0.160 e. The Kier molecular flexibility index (Phi) is 11.7. The Morgan fingerprint density at radius 2 is 1.40 bits per heavy atom. The average Bonchev–Trinajstić information content (AvgIpc) is 2.95. The topological polar surface area (TPSA) is 69.9 Å². The van der Waals surface area contributed by atoms with Gasteiger partial charge in [-0.1, -0.05) is 93.8 Å². The number of ketones is 1. The molecule has 1 fully saturated rings. The van der Waals surface area contributed by atoms with Gasteiger partial charge in [0.1, 0.15) is 17.7 Å². The highest BCUT2D eigenvalue weighted by molar-refractivity contribution is 7.99. The summed E-state index contributed by atoms with van der Waals surface area (Å²) in [5.74, 6) is 3.87. The van der Waals surface area contributed by atoms with Crippen molar-refractivity contribution in [1.29, 1.82) is 5.26 Å².